The Morgan fingerprint density at radius 1 is 1.18 bits per heavy atom. The number of aryl methyl sites for hydroxylation is 1. The first-order chi connectivity index (χ1) is 10.6. The maximum Gasteiger partial charge on any atom is 0.170 e. The summed E-state index contributed by atoms with van der Waals surface area (Å²) < 4.78 is 2.00. The third-order valence-corrected chi connectivity index (χ3v) is 3.77. The van der Waals surface area contributed by atoms with Crippen molar-refractivity contribution in [3.63, 3.8) is 0 Å². The van der Waals surface area contributed by atoms with Gasteiger partial charge in [0.1, 0.15) is 5.82 Å². The van der Waals surface area contributed by atoms with Crippen LogP contribution in [0.2, 0.25) is 0 Å². The molecule has 6 heteroatoms. The molecule has 0 aliphatic carbocycles. The highest BCUT2D eigenvalue weighted by molar-refractivity contribution is 5.97. The van der Waals surface area contributed by atoms with E-state index in [-0.39, 0.29) is 11.9 Å². The van der Waals surface area contributed by atoms with Crippen molar-refractivity contribution in [2.75, 3.05) is 0 Å². The number of benzene rings is 2. The topological polar surface area (TPSA) is 102 Å². The van der Waals surface area contributed by atoms with Gasteiger partial charge in [-0.3, -0.25) is 0 Å². The summed E-state index contributed by atoms with van der Waals surface area (Å²) in [4.78, 5) is 4.61. The molecule has 0 spiro atoms. The fourth-order valence-corrected chi connectivity index (χ4v) is 2.51. The van der Waals surface area contributed by atoms with Crippen molar-refractivity contribution >= 4 is 16.9 Å². The number of amidine groups is 1. The largest absolute Gasteiger partial charge is 0.409 e. The summed E-state index contributed by atoms with van der Waals surface area (Å²) in [6.45, 7) is 0. The average Bonchev–Trinajstić information content (AvgIpc) is 2.91. The van der Waals surface area contributed by atoms with Crippen LogP contribution in [0.1, 0.15) is 23.0 Å². The van der Waals surface area contributed by atoms with Crippen LogP contribution in [0.5, 0.6) is 0 Å². The van der Waals surface area contributed by atoms with Crippen LogP contribution in [0, 0.1) is 0 Å². The van der Waals surface area contributed by atoms with Gasteiger partial charge in [0, 0.05) is 12.6 Å². The summed E-state index contributed by atoms with van der Waals surface area (Å²) in [6.07, 6.45) is 0. The van der Waals surface area contributed by atoms with E-state index in [1.165, 1.54) is 0 Å². The van der Waals surface area contributed by atoms with E-state index >= 15 is 0 Å². The molecule has 1 atom stereocenters. The second-order valence-electron chi connectivity index (χ2n) is 5.10. The molecule has 22 heavy (non-hydrogen) atoms. The summed E-state index contributed by atoms with van der Waals surface area (Å²) in [6, 6.07) is 14.8. The number of aromatic nitrogens is 2. The van der Waals surface area contributed by atoms with E-state index < -0.39 is 0 Å². The number of nitrogens with two attached hydrogens (primary N) is 2. The van der Waals surface area contributed by atoms with Crippen LogP contribution < -0.4 is 11.5 Å². The molecule has 0 saturated carbocycles. The van der Waals surface area contributed by atoms with E-state index in [4.69, 9.17) is 16.7 Å². The number of para-hydroxylation sites is 2. The van der Waals surface area contributed by atoms with Gasteiger partial charge in [-0.25, -0.2) is 4.98 Å². The third kappa shape index (κ3) is 2.29. The monoisotopic (exact) mass is 295 g/mol. The Morgan fingerprint density at radius 2 is 1.86 bits per heavy atom. The molecule has 0 aliphatic rings. The number of oxime groups is 1. The van der Waals surface area contributed by atoms with Crippen molar-refractivity contribution in [1.82, 2.24) is 9.55 Å². The lowest BCUT2D eigenvalue weighted by molar-refractivity contribution is 0.318. The van der Waals surface area contributed by atoms with Crippen LogP contribution in [-0.4, -0.2) is 20.6 Å². The van der Waals surface area contributed by atoms with Gasteiger partial charge in [-0.1, -0.05) is 41.6 Å². The minimum absolute atomic E-state index is 0.0721. The van der Waals surface area contributed by atoms with E-state index in [0.29, 0.717) is 5.56 Å². The number of hydrogen-bond acceptors (Lipinski definition) is 4. The molecular weight excluding hydrogens is 278 g/mol. The smallest absolute Gasteiger partial charge is 0.170 e. The van der Waals surface area contributed by atoms with Gasteiger partial charge in [0.05, 0.1) is 17.1 Å². The molecule has 2 aromatic carbocycles. The minimum atomic E-state index is -0.348. The Hall–Kier alpha value is -2.86. The van der Waals surface area contributed by atoms with Gasteiger partial charge in [-0.15, -0.1) is 0 Å². The van der Waals surface area contributed by atoms with E-state index in [0.717, 1.165) is 22.4 Å². The van der Waals surface area contributed by atoms with Crippen LogP contribution in [0.3, 0.4) is 0 Å². The third-order valence-electron chi connectivity index (χ3n) is 3.77. The number of imidazole rings is 1. The first kappa shape index (κ1) is 14.1. The SMILES string of the molecule is Cn1c(C(N)c2ccc(C(N)=NO)cc2)nc2ccccc21. The van der Waals surface area contributed by atoms with Crippen LogP contribution in [0.4, 0.5) is 0 Å². The van der Waals surface area contributed by atoms with Crippen molar-refractivity contribution < 1.29 is 5.21 Å². The van der Waals surface area contributed by atoms with Crippen LogP contribution in [0.25, 0.3) is 11.0 Å². The molecule has 0 bridgehead atoms. The van der Waals surface area contributed by atoms with E-state index in [9.17, 15) is 0 Å². The fraction of sp³-hybridized carbons (Fsp3) is 0.125. The first-order valence-electron chi connectivity index (χ1n) is 6.86. The Kier molecular flexibility index (Phi) is 3.52. The van der Waals surface area contributed by atoms with Crippen LogP contribution in [-0.2, 0) is 7.05 Å². The quantitative estimate of drug-likeness (QED) is 0.296. The highest BCUT2D eigenvalue weighted by Crippen LogP contribution is 2.23. The number of nitrogens with zero attached hydrogens (tertiary/aromatic N) is 3. The number of hydrogen-bond donors (Lipinski definition) is 3. The summed E-state index contributed by atoms with van der Waals surface area (Å²) in [5.41, 5.74) is 15.4. The van der Waals surface area contributed by atoms with Crippen molar-refractivity contribution in [2.24, 2.45) is 23.7 Å². The minimum Gasteiger partial charge on any atom is -0.409 e. The predicted octanol–water partition coefficient (Wildman–Crippen LogP) is 1.72. The summed E-state index contributed by atoms with van der Waals surface area (Å²) in [5.74, 6) is 0.862. The maximum absolute atomic E-state index is 8.69. The number of rotatable bonds is 3. The van der Waals surface area contributed by atoms with Gasteiger partial charge < -0.3 is 21.2 Å². The molecule has 0 amide bonds. The molecule has 5 N–H and O–H groups in total. The lowest BCUT2D eigenvalue weighted by Gasteiger charge is -2.12. The Morgan fingerprint density at radius 3 is 2.50 bits per heavy atom. The summed E-state index contributed by atoms with van der Waals surface area (Å²) >= 11 is 0. The standard InChI is InChI=1S/C16H17N5O/c1-21-13-5-3-2-4-12(13)19-16(21)14(17)10-6-8-11(9-7-10)15(18)20-22/h2-9,14,22H,17H2,1H3,(H2,18,20). The first-order valence-corrected chi connectivity index (χ1v) is 6.86. The predicted molar refractivity (Wildman–Crippen MR) is 85.7 cm³/mol. The van der Waals surface area contributed by atoms with Gasteiger partial charge in [0.15, 0.2) is 5.84 Å². The molecular formula is C16H17N5O. The molecule has 0 radical (unpaired) electrons. The summed E-state index contributed by atoms with van der Waals surface area (Å²) in [5, 5.41) is 11.7. The molecule has 1 heterocycles. The summed E-state index contributed by atoms with van der Waals surface area (Å²) in [7, 11) is 1.95. The van der Waals surface area contributed by atoms with Gasteiger partial charge in [0.25, 0.3) is 0 Å². The second kappa shape index (κ2) is 5.50. The molecule has 0 aliphatic heterocycles. The number of fused-ring (bicyclic) bond motifs is 1. The van der Waals surface area contributed by atoms with Crippen molar-refractivity contribution in [2.45, 2.75) is 6.04 Å². The second-order valence-corrected chi connectivity index (χ2v) is 5.10. The molecule has 112 valence electrons. The van der Waals surface area contributed by atoms with Gasteiger partial charge in [0.2, 0.25) is 0 Å². The van der Waals surface area contributed by atoms with Gasteiger partial charge >= 0.3 is 0 Å². The van der Waals surface area contributed by atoms with Crippen LogP contribution in [0.15, 0.2) is 53.7 Å². The zero-order valence-corrected chi connectivity index (χ0v) is 12.1. The van der Waals surface area contributed by atoms with Crippen molar-refractivity contribution in [3.05, 3.63) is 65.5 Å². The molecule has 1 unspecified atom stereocenters. The van der Waals surface area contributed by atoms with E-state index in [1.54, 1.807) is 12.1 Å². The Bertz CT molecular complexity index is 835. The van der Waals surface area contributed by atoms with E-state index in [1.807, 2.05) is 48.0 Å². The van der Waals surface area contributed by atoms with Gasteiger partial charge in [-0.2, -0.15) is 0 Å². The molecule has 1 aromatic heterocycles. The fourth-order valence-electron chi connectivity index (χ4n) is 2.51. The van der Waals surface area contributed by atoms with Crippen molar-refractivity contribution in [1.29, 1.82) is 0 Å². The molecule has 3 aromatic rings. The highest BCUT2D eigenvalue weighted by Gasteiger charge is 2.16. The lowest BCUT2D eigenvalue weighted by atomic mass is 10.0. The van der Waals surface area contributed by atoms with Crippen molar-refractivity contribution in [3.8, 4) is 0 Å². The van der Waals surface area contributed by atoms with Crippen LogP contribution >= 0.6 is 0 Å². The molecule has 0 fully saturated rings. The van der Waals surface area contributed by atoms with Gasteiger partial charge in [-0.05, 0) is 17.7 Å². The maximum atomic E-state index is 8.69. The Balaban J connectivity index is 1.98. The average molecular weight is 295 g/mol. The normalized spacial score (nSPS) is 13.5. The molecule has 6 nitrogen and oxygen atoms in total. The molecule has 3 rings (SSSR count). The Labute approximate surface area is 127 Å². The highest BCUT2D eigenvalue weighted by atomic mass is 16.4. The zero-order chi connectivity index (χ0) is 15.7. The molecule has 0 saturated heterocycles. The van der Waals surface area contributed by atoms with E-state index in [2.05, 4.69) is 10.1 Å². The lowest BCUT2D eigenvalue weighted by Crippen LogP contribution is -2.17. The zero-order valence-electron chi connectivity index (χ0n) is 12.1.